The molecule has 2 N–H and O–H groups in total. The lowest BCUT2D eigenvalue weighted by atomic mass is 10.0. The maximum absolute atomic E-state index is 6.16. The summed E-state index contributed by atoms with van der Waals surface area (Å²) in [7, 11) is 0. The lowest BCUT2D eigenvalue weighted by Crippen LogP contribution is -2.25. The molecule has 2 rings (SSSR count). The average Bonchev–Trinajstić information content (AvgIpc) is 2.85. The molecule has 18 heavy (non-hydrogen) atoms. The Morgan fingerprint density at radius 2 is 2.06 bits per heavy atom. The summed E-state index contributed by atoms with van der Waals surface area (Å²) >= 11 is 0. The molecular formula is C14H20N4. The van der Waals surface area contributed by atoms with Gasteiger partial charge < -0.3 is 5.73 Å². The molecular weight excluding hydrogens is 224 g/mol. The number of hydrogen-bond acceptors (Lipinski definition) is 3. The smallest absolute Gasteiger partial charge is 0.138 e. The van der Waals surface area contributed by atoms with Crippen LogP contribution in [0.5, 0.6) is 0 Å². The normalized spacial score (nSPS) is 12.6. The van der Waals surface area contributed by atoms with Gasteiger partial charge >= 0.3 is 0 Å². The standard InChI is InChI=1S/C14H20N4/c1-2-18-14(16-11-17-18)10-13(15)9-8-12-6-4-3-5-7-12/h3-7,11,13H,2,8-10,15H2,1H3. The molecule has 0 saturated heterocycles. The number of nitrogens with two attached hydrogens (primary N) is 1. The molecule has 0 fully saturated rings. The number of rotatable bonds is 6. The minimum atomic E-state index is 0.139. The van der Waals surface area contributed by atoms with Gasteiger partial charge in [0.1, 0.15) is 12.2 Å². The lowest BCUT2D eigenvalue weighted by Gasteiger charge is -2.11. The third-order valence-corrected chi connectivity index (χ3v) is 3.09. The van der Waals surface area contributed by atoms with Gasteiger partial charge in [-0.2, -0.15) is 5.10 Å². The van der Waals surface area contributed by atoms with Crippen LogP contribution in [0.2, 0.25) is 0 Å². The van der Waals surface area contributed by atoms with Crippen molar-refractivity contribution in [2.75, 3.05) is 0 Å². The summed E-state index contributed by atoms with van der Waals surface area (Å²) in [5, 5.41) is 4.16. The van der Waals surface area contributed by atoms with E-state index < -0.39 is 0 Å². The Bertz CT molecular complexity index is 464. The Balaban J connectivity index is 1.84. The molecule has 1 atom stereocenters. The predicted octanol–water partition coefficient (Wildman–Crippen LogP) is 1.80. The van der Waals surface area contributed by atoms with Crippen LogP contribution in [-0.4, -0.2) is 20.8 Å². The number of aromatic nitrogens is 3. The highest BCUT2D eigenvalue weighted by molar-refractivity contribution is 5.14. The molecule has 0 aliphatic rings. The molecule has 1 unspecified atom stereocenters. The highest BCUT2D eigenvalue weighted by atomic mass is 15.3. The molecule has 4 heteroatoms. The third kappa shape index (κ3) is 3.40. The van der Waals surface area contributed by atoms with Crippen LogP contribution in [0, 0.1) is 0 Å². The van der Waals surface area contributed by atoms with E-state index in [4.69, 9.17) is 5.73 Å². The summed E-state index contributed by atoms with van der Waals surface area (Å²) < 4.78 is 1.91. The number of hydrogen-bond donors (Lipinski definition) is 1. The molecule has 2 aromatic rings. The van der Waals surface area contributed by atoms with E-state index in [0.717, 1.165) is 31.6 Å². The van der Waals surface area contributed by atoms with E-state index in [0.29, 0.717) is 0 Å². The summed E-state index contributed by atoms with van der Waals surface area (Å²) in [5.41, 5.74) is 7.49. The summed E-state index contributed by atoms with van der Waals surface area (Å²) in [4.78, 5) is 4.25. The van der Waals surface area contributed by atoms with Gasteiger partial charge in [-0.15, -0.1) is 0 Å². The van der Waals surface area contributed by atoms with Crippen molar-refractivity contribution in [3.05, 3.63) is 48.0 Å². The molecule has 0 aliphatic heterocycles. The fourth-order valence-corrected chi connectivity index (χ4v) is 2.04. The van der Waals surface area contributed by atoms with Gasteiger partial charge in [0.2, 0.25) is 0 Å². The molecule has 1 aromatic carbocycles. The Labute approximate surface area is 108 Å². The molecule has 0 radical (unpaired) electrons. The van der Waals surface area contributed by atoms with Crippen molar-refractivity contribution in [2.24, 2.45) is 5.73 Å². The van der Waals surface area contributed by atoms with Crippen LogP contribution in [0.25, 0.3) is 0 Å². The molecule has 0 aliphatic carbocycles. The van der Waals surface area contributed by atoms with E-state index in [2.05, 4.69) is 41.3 Å². The van der Waals surface area contributed by atoms with E-state index in [1.807, 2.05) is 10.7 Å². The van der Waals surface area contributed by atoms with Gasteiger partial charge in [-0.25, -0.2) is 4.98 Å². The first-order valence-electron chi connectivity index (χ1n) is 6.45. The fourth-order valence-electron chi connectivity index (χ4n) is 2.04. The van der Waals surface area contributed by atoms with E-state index >= 15 is 0 Å². The summed E-state index contributed by atoms with van der Waals surface area (Å²) in [6.07, 6.45) is 4.38. The number of nitrogens with zero attached hydrogens (tertiary/aromatic N) is 3. The molecule has 1 aromatic heterocycles. The van der Waals surface area contributed by atoms with Gasteiger partial charge in [-0.05, 0) is 25.3 Å². The average molecular weight is 244 g/mol. The van der Waals surface area contributed by atoms with Crippen LogP contribution in [-0.2, 0) is 19.4 Å². The van der Waals surface area contributed by atoms with Crippen LogP contribution in [0.3, 0.4) is 0 Å². The predicted molar refractivity (Wildman–Crippen MR) is 72.1 cm³/mol. The molecule has 0 amide bonds. The largest absolute Gasteiger partial charge is 0.327 e. The Hall–Kier alpha value is -1.68. The first kappa shape index (κ1) is 12.8. The molecule has 0 saturated carbocycles. The molecule has 0 spiro atoms. The van der Waals surface area contributed by atoms with Crippen LogP contribution in [0.1, 0.15) is 24.7 Å². The zero-order chi connectivity index (χ0) is 12.8. The van der Waals surface area contributed by atoms with Gasteiger partial charge in [0.25, 0.3) is 0 Å². The van der Waals surface area contributed by atoms with E-state index in [1.54, 1.807) is 6.33 Å². The summed E-state index contributed by atoms with van der Waals surface area (Å²) in [6, 6.07) is 10.6. The maximum Gasteiger partial charge on any atom is 0.138 e. The second kappa shape index (κ2) is 6.31. The van der Waals surface area contributed by atoms with Gasteiger partial charge in [-0.3, -0.25) is 4.68 Å². The maximum atomic E-state index is 6.16. The number of aryl methyl sites for hydroxylation is 2. The first-order chi connectivity index (χ1) is 8.79. The van der Waals surface area contributed by atoms with Crippen molar-refractivity contribution in [1.82, 2.24) is 14.8 Å². The van der Waals surface area contributed by atoms with Crippen molar-refractivity contribution in [1.29, 1.82) is 0 Å². The summed E-state index contributed by atoms with van der Waals surface area (Å²) in [5.74, 6) is 0.984. The SMILES string of the molecule is CCn1ncnc1CC(N)CCc1ccccc1. The molecule has 96 valence electrons. The van der Waals surface area contributed by atoms with Crippen LogP contribution < -0.4 is 5.73 Å². The monoisotopic (exact) mass is 244 g/mol. The van der Waals surface area contributed by atoms with E-state index in [1.165, 1.54) is 5.56 Å². The Morgan fingerprint density at radius 3 is 2.78 bits per heavy atom. The van der Waals surface area contributed by atoms with Crippen molar-refractivity contribution in [2.45, 2.75) is 38.8 Å². The van der Waals surface area contributed by atoms with Crippen molar-refractivity contribution < 1.29 is 0 Å². The van der Waals surface area contributed by atoms with Gasteiger partial charge in [0, 0.05) is 19.0 Å². The molecule has 4 nitrogen and oxygen atoms in total. The minimum absolute atomic E-state index is 0.139. The zero-order valence-electron chi connectivity index (χ0n) is 10.8. The summed E-state index contributed by atoms with van der Waals surface area (Å²) in [6.45, 7) is 2.91. The lowest BCUT2D eigenvalue weighted by molar-refractivity contribution is 0.547. The van der Waals surface area contributed by atoms with Crippen LogP contribution in [0.15, 0.2) is 36.7 Å². The van der Waals surface area contributed by atoms with E-state index in [-0.39, 0.29) is 6.04 Å². The fraction of sp³-hybridized carbons (Fsp3) is 0.429. The van der Waals surface area contributed by atoms with Gasteiger partial charge in [0.15, 0.2) is 0 Å². The zero-order valence-corrected chi connectivity index (χ0v) is 10.8. The van der Waals surface area contributed by atoms with Gasteiger partial charge in [0.05, 0.1) is 0 Å². The van der Waals surface area contributed by atoms with Crippen LogP contribution >= 0.6 is 0 Å². The van der Waals surface area contributed by atoms with Crippen molar-refractivity contribution >= 4 is 0 Å². The Morgan fingerprint density at radius 1 is 1.28 bits per heavy atom. The number of benzene rings is 1. The second-order valence-electron chi connectivity index (χ2n) is 4.48. The van der Waals surface area contributed by atoms with Crippen LogP contribution in [0.4, 0.5) is 0 Å². The highest BCUT2D eigenvalue weighted by Crippen LogP contribution is 2.07. The quantitative estimate of drug-likeness (QED) is 0.843. The second-order valence-corrected chi connectivity index (χ2v) is 4.48. The van der Waals surface area contributed by atoms with Gasteiger partial charge in [-0.1, -0.05) is 30.3 Å². The third-order valence-electron chi connectivity index (χ3n) is 3.09. The topological polar surface area (TPSA) is 56.7 Å². The van der Waals surface area contributed by atoms with E-state index in [9.17, 15) is 0 Å². The van der Waals surface area contributed by atoms with Crippen molar-refractivity contribution in [3.8, 4) is 0 Å². The highest BCUT2D eigenvalue weighted by Gasteiger charge is 2.09. The first-order valence-corrected chi connectivity index (χ1v) is 6.45. The Kier molecular flexibility index (Phi) is 4.47. The minimum Gasteiger partial charge on any atom is -0.327 e. The molecule has 0 bridgehead atoms. The van der Waals surface area contributed by atoms with Crippen molar-refractivity contribution in [3.63, 3.8) is 0 Å². The molecule has 1 heterocycles.